The maximum absolute atomic E-state index is 5.84. The van der Waals surface area contributed by atoms with Crippen LogP contribution in [0.4, 0.5) is 0 Å². The molecule has 6 nitrogen and oxygen atoms in total. The zero-order valence-corrected chi connectivity index (χ0v) is 13.0. The van der Waals surface area contributed by atoms with Crippen LogP contribution in [0.2, 0.25) is 0 Å². The van der Waals surface area contributed by atoms with Crippen LogP contribution >= 0.6 is 24.0 Å². The molecule has 0 aliphatic heterocycles. The van der Waals surface area contributed by atoms with E-state index in [0.29, 0.717) is 24.4 Å². The summed E-state index contributed by atoms with van der Waals surface area (Å²) in [7, 11) is 1.84. The number of nitrogens with zero attached hydrogens (tertiary/aromatic N) is 4. The number of aryl methyl sites for hydroxylation is 1. The minimum absolute atomic E-state index is 0. The van der Waals surface area contributed by atoms with Crippen molar-refractivity contribution < 1.29 is 0 Å². The molecule has 0 saturated heterocycles. The van der Waals surface area contributed by atoms with Crippen molar-refractivity contribution in [2.75, 3.05) is 0 Å². The summed E-state index contributed by atoms with van der Waals surface area (Å²) in [5.41, 5.74) is 5.84. The first-order valence-electron chi connectivity index (χ1n) is 6.15. The van der Waals surface area contributed by atoms with Gasteiger partial charge in [0.1, 0.15) is 12.9 Å². The maximum atomic E-state index is 5.84. The molecule has 18 heavy (non-hydrogen) atoms. The zero-order valence-electron chi connectivity index (χ0n) is 10.7. The maximum Gasteiger partial charge on any atom is 0.189 e. The fourth-order valence-electron chi connectivity index (χ4n) is 2.11. The molecule has 0 unspecified atom stereocenters. The fourth-order valence-corrected chi connectivity index (χ4v) is 2.11. The van der Waals surface area contributed by atoms with Gasteiger partial charge in [-0.25, -0.2) is 9.98 Å². The van der Waals surface area contributed by atoms with Gasteiger partial charge in [0.25, 0.3) is 0 Å². The summed E-state index contributed by atoms with van der Waals surface area (Å²) >= 11 is 0. The number of hydrogen-bond donors (Lipinski definition) is 2. The van der Waals surface area contributed by atoms with E-state index < -0.39 is 0 Å². The van der Waals surface area contributed by atoms with Crippen molar-refractivity contribution in [3.8, 4) is 0 Å². The Bertz CT molecular complexity index is 383. The van der Waals surface area contributed by atoms with Gasteiger partial charge in [-0.1, -0.05) is 19.3 Å². The third kappa shape index (κ3) is 4.79. The van der Waals surface area contributed by atoms with Crippen molar-refractivity contribution in [1.29, 1.82) is 0 Å². The van der Waals surface area contributed by atoms with Crippen LogP contribution in [-0.2, 0) is 13.6 Å². The smallest absolute Gasteiger partial charge is 0.189 e. The molecule has 1 aliphatic carbocycles. The van der Waals surface area contributed by atoms with E-state index in [1.165, 1.54) is 32.1 Å². The quantitative estimate of drug-likeness (QED) is 0.479. The third-order valence-corrected chi connectivity index (χ3v) is 3.00. The van der Waals surface area contributed by atoms with Crippen LogP contribution in [0.5, 0.6) is 0 Å². The summed E-state index contributed by atoms with van der Waals surface area (Å²) in [6.07, 6.45) is 7.96. The van der Waals surface area contributed by atoms with Gasteiger partial charge in [-0.3, -0.25) is 4.68 Å². The third-order valence-electron chi connectivity index (χ3n) is 3.00. The Labute approximate surface area is 124 Å². The highest BCUT2D eigenvalue weighted by Gasteiger charge is 2.13. The molecule has 1 aromatic rings. The number of hydrogen-bond acceptors (Lipinski definition) is 3. The van der Waals surface area contributed by atoms with Gasteiger partial charge in [-0.2, -0.15) is 5.10 Å². The normalized spacial score (nSPS) is 17.3. The molecule has 0 spiro atoms. The first-order chi connectivity index (χ1) is 8.24. The van der Waals surface area contributed by atoms with Crippen LogP contribution in [0.25, 0.3) is 0 Å². The fraction of sp³-hybridized carbons (Fsp3) is 0.727. The molecule has 3 N–H and O–H groups in total. The number of rotatable bonds is 3. The molecule has 0 amide bonds. The minimum Gasteiger partial charge on any atom is -0.370 e. The summed E-state index contributed by atoms with van der Waals surface area (Å²) in [6.45, 7) is 0.437. The number of halogens is 1. The van der Waals surface area contributed by atoms with Gasteiger partial charge >= 0.3 is 0 Å². The summed E-state index contributed by atoms with van der Waals surface area (Å²) in [6, 6.07) is 0.490. The van der Waals surface area contributed by atoms with Crippen LogP contribution in [0.1, 0.15) is 37.9 Å². The molecular formula is C11H21IN6. The van der Waals surface area contributed by atoms with Crippen LogP contribution < -0.4 is 11.1 Å². The van der Waals surface area contributed by atoms with E-state index in [1.54, 1.807) is 11.0 Å². The molecule has 0 aromatic carbocycles. The van der Waals surface area contributed by atoms with Crippen molar-refractivity contribution in [2.45, 2.75) is 44.7 Å². The van der Waals surface area contributed by atoms with E-state index in [1.807, 2.05) is 7.05 Å². The second-order valence-electron chi connectivity index (χ2n) is 4.52. The highest BCUT2D eigenvalue weighted by molar-refractivity contribution is 14.0. The van der Waals surface area contributed by atoms with Crippen LogP contribution in [0, 0.1) is 0 Å². The molecule has 1 heterocycles. The largest absolute Gasteiger partial charge is 0.370 e. The molecule has 0 atom stereocenters. The monoisotopic (exact) mass is 364 g/mol. The first kappa shape index (κ1) is 15.2. The number of aliphatic imine (C=N–C) groups is 1. The molecule has 1 fully saturated rings. The number of nitrogens with one attached hydrogen (secondary N) is 1. The second-order valence-corrected chi connectivity index (χ2v) is 4.52. The standard InChI is InChI=1S/C11H20N6.HI/c1-17-8-14-10(16-17)7-13-11(12)15-9-5-3-2-4-6-9;/h8-9H,2-7H2,1H3,(H3,12,13,15);1H. The van der Waals surface area contributed by atoms with Crippen molar-refractivity contribution in [1.82, 2.24) is 20.1 Å². The van der Waals surface area contributed by atoms with Crippen molar-refractivity contribution in [2.24, 2.45) is 17.8 Å². The molecular weight excluding hydrogens is 343 g/mol. The van der Waals surface area contributed by atoms with E-state index in [2.05, 4.69) is 20.4 Å². The Morgan fingerprint density at radius 3 is 2.83 bits per heavy atom. The lowest BCUT2D eigenvalue weighted by Crippen LogP contribution is -2.41. The van der Waals surface area contributed by atoms with Gasteiger partial charge in [0, 0.05) is 13.1 Å². The molecule has 0 radical (unpaired) electrons. The van der Waals surface area contributed by atoms with Crippen molar-refractivity contribution in [3.63, 3.8) is 0 Å². The van der Waals surface area contributed by atoms with E-state index in [-0.39, 0.29) is 24.0 Å². The average molecular weight is 364 g/mol. The van der Waals surface area contributed by atoms with Gasteiger partial charge in [-0.15, -0.1) is 24.0 Å². The van der Waals surface area contributed by atoms with Crippen LogP contribution in [0.15, 0.2) is 11.3 Å². The molecule has 1 saturated carbocycles. The lowest BCUT2D eigenvalue weighted by atomic mass is 9.96. The van der Waals surface area contributed by atoms with Gasteiger partial charge < -0.3 is 11.1 Å². The Kier molecular flexibility index (Phi) is 6.37. The Balaban J connectivity index is 0.00000162. The van der Waals surface area contributed by atoms with Crippen LogP contribution in [0.3, 0.4) is 0 Å². The summed E-state index contributed by atoms with van der Waals surface area (Å²) in [4.78, 5) is 8.34. The van der Waals surface area contributed by atoms with Gasteiger partial charge in [0.05, 0.1) is 0 Å². The summed E-state index contributed by atoms with van der Waals surface area (Å²) in [5, 5.41) is 7.41. The van der Waals surface area contributed by atoms with Gasteiger partial charge in [-0.05, 0) is 12.8 Å². The van der Waals surface area contributed by atoms with Crippen molar-refractivity contribution in [3.05, 3.63) is 12.2 Å². The highest BCUT2D eigenvalue weighted by Crippen LogP contribution is 2.16. The Morgan fingerprint density at radius 2 is 2.22 bits per heavy atom. The van der Waals surface area contributed by atoms with E-state index in [0.717, 1.165) is 0 Å². The molecule has 2 rings (SSSR count). The zero-order chi connectivity index (χ0) is 12.1. The molecule has 102 valence electrons. The highest BCUT2D eigenvalue weighted by atomic mass is 127. The molecule has 1 aromatic heterocycles. The summed E-state index contributed by atoms with van der Waals surface area (Å²) in [5.74, 6) is 1.20. The van der Waals surface area contributed by atoms with E-state index in [4.69, 9.17) is 5.73 Å². The van der Waals surface area contributed by atoms with Gasteiger partial charge in [0.2, 0.25) is 0 Å². The topological polar surface area (TPSA) is 81.1 Å². The Hall–Kier alpha value is -0.860. The predicted molar refractivity (Wildman–Crippen MR) is 81.8 cm³/mol. The van der Waals surface area contributed by atoms with Crippen LogP contribution in [-0.4, -0.2) is 26.8 Å². The number of nitrogens with two attached hydrogens (primary N) is 1. The average Bonchev–Trinajstić information content (AvgIpc) is 2.74. The first-order valence-corrected chi connectivity index (χ1v) is 6.15. The second kappa shape index (κ2) is 7.55. The lowest BCUT2D eigenvalue weighted by molar-refractivity contribution is 0.412. The van der Waals surface area contributed by atoms with Gasteiger partial charge in [0.15, 0.2) is 11.8 Å². The van der Waals surface area contributed by atoms with Crippen molar-refractivity contribution >= 4 is 29.9 Å². The Morgan fingerprint density at radius 1 is 1.50 bits per heavy atom. The molecule has 0 bridgehead atoms. The van der Waals surface area contributed by atoms with E-state index in [9.17, 15) is 0 Å². The SMILES string of the molecule is Cn1cnc(CN=C(N)NC2CCCCC2)n1.I. The minimum atomic E-state index is 0. The molecule has 1 aliphatic rings. The summed E-state index contributed by atoms with van der Waals surface area (Å²) < 4.78 is 1.66. The number of guanidine groups is 1. The number of aromatic nitrogens is 3. The van der Waals surface area contributed by atoms with E-state index >= 15 is 0 Å². The predicted octanol–water partition coefficient (Wildman–Crippen LogP) is 1.17. The molecule has 7 heteroatoms. The lowest BCUT2D eigenvalue weighted by Gasteiger charge is -2.23.